The highest BCUT2D eigenvalue weighted by Crippen LogP contribution is 2.29. The van der Waals surface area contributed by atoms with Crippen LogP contribution in [0.5, 0.6) is 0 Å². The van der Waals surface area contributed by atoms with E-state index >= 15 is 0 Å². The highest BCUT2D eigenvalue weighted by atomic mass is 35.5. The number of aromatic nitrogens is 2. The van der Waals surface area contributed by atoms with Crippen LogP contribution in [-0.2, 0) is 0 Å². The number of carbonyl (C=O) groups excluding carboxylic acids is 1. The summed E-state index contributed by atoms with van der Waals surface area (Å²) in [7, 11) is 1.64. The molecule has 21 heavy (non-hydrogen) atoms. The second-order valence-corrected chi connectivity index (χ2v) is 5.41. The Morgan fingerprint density at radius 3 is 2.57 bits per heavy atom. The van der Waals surface area contributed by atoms with Gasteiger partial charge in [-0.1, -0.05) is 29.3 Å². The summed E-state index contributed by atoms with van der Waals surface area (Å²) in [4.78, 5) is 24.8. The molecule has 0 aliphatic heterocycles. The predicted octanol–water partition coefficient (Wildman–Crippen LogP) is 2.91. The van der Waals surface area contributed by atoms with E-state index in [4.69, 9.17) is 23.2 Å². The van der Waals surface area contributed by atoms with E-state index in [0.29, 0.717) is 10.0 Å². The Balaban J connectivity index is 2.26. The highest BCUT2D eigenvalue weighted by molar-refractivity contribution is 6.35. The molecule has 0 aliphatic rings. The van der Waals surface area contributed by atoms with Crippen LogP contribution in [0.2, 0.25) is 10.0 Å². The summed E-state index contributed by atoms with van der Waals surface area (Å²) in [6.45, 7) is 1.85. The molecule has 110 valence electrons. The Morgan fingerprint density at radius 1 is 1.29 bits per heavy atom. The molecule has 1 heterocycles. The SMILES string of the molecule is CC(c1ccc(Cl)cc1Cl)N(C)C(=O)c1ccc(=O)[nH]n1. The average molecular weight is 326 g/mol. The van der Waals surface area contributed by atoms with Gasteiger partial charge in [-0.15, -0.1) is 0 Å². The van der Waals surface area contributed by atoms with Crippen molar-refractivity contribution in [1.82, 2.24) is 15.1 Å². The van der Waals surface area contributed by atoms with E-state index in [9.17, 15) is 9.59 Å². The Morgan fingerprint density at radius 2 is 2.00 bits per heavy atom. The lowest BCUT2D eigenvalue weighted by atomic mass is 10.1. The van der Waals surface area contributed by atoms with Crippen molar-refractivity contribution in [3.63, 3.8) is 0 Å². The molecule has 2 aromatic rings. The van der Waals surface area contributed by atoms with Gasteiger partial charge >= 0.3 is 0 Å². The number of hydrogen-bond acceptors (Lipinski definition) is 3. The lowest BCUT2D eigenvalue weighted by molar-refractivity contribution is 0.0735. The molecule has 0 spiro atoms. The second-order valence-electron chi connectivity index (χ2n) is 4.56. The first kappa shape index (κ1) is 15.5. The van der Waals surface area contributed by atoms with Crippen molar-refractivity contribution in [3.8, 4) is 0 Å². The van der Waals surface area contributed by atoms with Crippen LogP contribution in [0.1, 0.15) is 29.0 Å². The summed E-state index contributed by atoms with van der Waals surface area (Å²) in [5.74, 6) is -0.315. The van der Waals surface area contributed by atoms with Crippen LogP contribution in [0.25, 0.3) is 0 Å². The molecule has 1 atom stereocenters. The average Bonchev–Trinajstić information content (AvgIpc) is 2.46. The fraction of sp³-hybridized carbons (Fsp3) is 0.214. The van der Waals surface area contributed by atoms with Gasteiger partial charge in [-0.3, -0.25) is 9.59 Å². The minimum Gasteiger partial charge on any atom is -0.333 e. The smallest absolute Gasteiger partial charge is 0.274 e. The van der Waals surface area contributed by atoms with Gasteiger partial charge in [-0.05, 0) is 30.7 Å². The topological polar surface area (TPSA) is 66.1 Å². The van der Waals surface area contributed by atoms with Gasteiger partial charge in [0.1, 0.15) is 5.69 Å². The molecular formula is C14H13Cl2N3O2. The number of rotatable bonds is 3. The summed E-state index contributed by atoms with van der Waals surface area (Å²) in [5, 5.41) is 6.99. The molecule has 0 saturated heterocycles. The monoisotopic (exact) mass is 325 g/mol. The normalized spacial score (nSPS) is 12.0. The molecule has 0 saturated carbocycles. The van der Waals surface area contributed by atoms with Crippen LogP contribution in [0.3, 0.4) is 0 Å². The molecule has 1 aromatic heterocycles. The van der Waals surface area contributed by atoms with Gasteiger partial charge in [-0.2, -0.15) is 5.10 Å². The largest absolute Gasteiger partial charge is 0.333 e. The van der Waals surface area contributed by atoms with Crippen LogP contribution < -0.4 is 5.56 Å². The van der Waals surface area contributed by atoms with E-state index in [2.05, 4.69) is 10.2 Å². The Kier molecular flexibility index (Phi) is 4.65. The molecular weight excluding hydrogens is 313 g/mol. The van der Waals surface area contributed by atoms with Crippen LogP contribution in [0, 0.1) is 0 Å². The zero-order chi connectivity index (χ0) is 15.6. The quantitative estimate of drug-likeness (QED) is 0.943. The first-order chi connectivity index (χ1) is 9.90. The zero-order valence-electron chi connectivity index (χ0n) is 11.4. The summed E-state index contributed by atoms with van der Waals surface area (Å²) < 4.78 is 0. The maximum atomic E-state index is 12.3. The van der Waals surface area contributed by atoms with Gasteiger partial charge in [0.2, 0.25) is 0 Å². The molecule has 0 fully saturated rings. The van der Waals surface area contributed by atoms with Gasteiger partial charge in [0.05, 0.1) is 6.04 Å². The van der Waals surface area contributed by atoms with E-state index in [-0.39, 0.29) is 23.2 Å². The van der Waals surface area contributed by atoms with Gasteiger partial charge in [-0.25, -0.2) is 5.10 Å². The fourth-order valence-corrected chi connectivity index (χ4v) is 2.44. The standard InChI is InChI=1S/C14H13Cl2N3O2/c1-8(10-4-3-9(15)7-11(10)16)19(2)14(21)12-5-6-13(20)18-17-12/h3-8H,1-2H3,(H,18,20). The summed E-state index contributed by atoms with van der Waals surface area (Å²) >= 11 is 12.0. The van der Waals surface area contributed by atoms with Gasteiger partial charge < -0.3 is 4.90 Å². The van der Waals surface area contributed by atoms with Crippen molar-refractivity contribution < 1.29 is 4.79 Å². The molecule has 1 N–H and O–H groups in total. The third-order valence-electron chi connectivity index (χ3n) is 3.21. The third kappa shape index (κ3) is 3.43. The predicted molar refractivity (Wildman–Crippen MR) is 81.8 cm³/mol. The van der Waals surface area contributed by atoms with E-state index in [1.54, 1.807) is 25.2 Å². The van der Waals surface area contributed by atoms with Gasteiger partial charge in [0.25, 0.3) is 11.5 Å². The van der Waals surface area contributed by atoms with Crippen molar-refractivity contribution in [2.45, 2.75) is 13.0 Å². The number of benzene rings is 1. The number of H-pyrrole nitrogens is 1. The summed E-state index contributed by atoms with van der Waals surface area (Å²) in [6, 6.07) is 7.50. The molecule has 1 unspecified atom stereocenters. The Bertz CT molecular complexity index is 710. The zero-order valence-corrected chi connectivity index (χ0v) is 12.9. The summed E-state index contributed by atoms with van der Waals surface area (Å²) in [6.07, 6.45) is 0. The first-order valence-corrected chi connectivity index (χ1v) is 6.93. The van der Waals surface area contributed by atoms with Gasteiger partial charge in [0, 0.05) is 23.2 Å². The molecule has 1 aromatic carbocycles. The first-order valence-electron chi connectivity index (χ1n) is 6.18. The Labute approximate surface area is 131 Å². The second kappa shape index (κ2) is 6.28. The minimum absolute atomic E-state index is 0.161. The highest BCUT2D eigenvalue weighted by Gasteiger charge is 2.21. The lowest BCUT2D eigenvalue weighted by Crippen LogP contribution is -2.31. The van der Waals surface area contributed by atoms with Crippen LogP contribution in [-0.4, -0.2) is 28.1 Å². The van der Waals surface area contributed by atoms with Gasteiger partial charge in [0.15, 0.2) is 0 Å². The number of nitrogens with zero attached hydrogens (tertiary/aromatic N) is 2. The number of aromatic amines is 1. The molecule has 0 aliphatic carbocycles. The van der Waals surface area contributed by atoms with Crippen molar-refractivity contribution >= 4 is 29.1 Å². The molecule has 5 nitrogen and oxygen atoms in total. The number of halogens is 2. The number of hydrogen-bond donors (Lipinski definition) is 1. The maximum Gasteiger partial charge on any atom is 0.274 e. The van der Waals surface area contributed by atoms with Crippen LogP contribution in [0.15, 0.2) is 35.1 Å². The number of nitrogens with one attached hydrogen (secondary N) is 1. The molecule has 0 radical (unpaired) electrons. The molecule has 0 bridgehead atoms. The number of amides is 1. The van der Waals surface area contributed by atoms with E-state index in [0.717, 1.165) is 5.56 Å². The Hall–Kier alpha value is -1.85. The fourth-order valence-electron chi connectivity index (χ4n) is 1.87. The summed E-state index contributed by atoms with van der Waals surface area (Å²) in [5.41, 5.74) is 0.582. The maximum absolute atomic E-state index is 12.3. The molecule has 1 amide bonds. The van der Waals surface area contributed by atoms with E-state index in [1.807, 2.05) is 6.92 Å². The van der Waals surface area contributed by atoms with E-state index in [1.165, 1.54) is 17.0 Å². The minimum atomic E-state index is -0.358. The van der Waals surface area contributed by atoms with Crippen molar-refractivity contribution in [2.75, 3.05) is 7.05 Å². The van der Waals surface area contributed by atoms with Crippen LogP contribution >= 0.6 is 23.2 Å². The third-order valence-corrected chi connectivity index (χ3v) is 3.77. The van der Waals surface area contributed by atoms with Crippen molar-refractivity contribution in [3.05, 3.63) is 62.0 Å². The molecule has 2 rings (SSSR count). The lowest BCUT2D eigenvalue weighted by Gasteiger charge is -2.25. The van der Waals surface area contributed by atoms with Crippen molar-refractivity contribution in [2.24, 2.45) is 0 Å². The van der Waals surface area contributed by atoms with Crippen LogP contribution in [0.4, 0.5) is 0 Å². The number of carbonyl (C=O) groups is 1. The van der Waals surface area contributed by atoms with E-state index < -0.39 is 0 Å². The van der Waals surface area contributed by atoms with Crippen molar-refractivity contribution in [1.29, 1.82) is 0 Å². The molecule has 7 heteroatoms.